The highest BCUT2D eigenvalue weighted by Crippen LogP contribution is 2.22. The number of halogens is 1. The second kappa shape index (κ2) is 7.62. The highest BCUT2D eigenvalue weighted by molar-refractivity contribution is 9.10. The molecular weight excluding hydrogens is 326 g/mol. The molecule has 0 aliphatic rings. The normalized spacial score (nSPS) is 12.2. The highest BCUT2D eigenvalue weighted by atomic mass is 79.9. The fourth-order valence-electron chi connectivity index (χ4n) is 2.31. The molecule has 0 fully saturated rings. The molecule has 0 heterocycles. The fraction of sp³-hybridized carbons (Fsp3) is 0.333. The van der Waals surface area contributed by atoms with E-state index < -0.39 is 6.10 Å². The lowest BCUT2D eigenvalue weighted by molar-refractivity contribution is 0.170. The van der Waals surface area contributed by atoms with Crippen LogP contribution in [0, 0.1) is 0 Å². The minimum absolute atomic E-state index is 0.431. The zero-order valence-electron chi connectivity index (χ0n) is 12.6. The van der Waals surface area contributed by atoms with Crippen molar-refractivity contribution in [1.29, 1.82) is 0 Å². The van der Waals surface area contributed by atoms with Crippen LogP contribution in [0.4, 0.5) is 5.69 Å². The molecule has 0 saturated carbocycles. The van der Waals surface area contributed by atoms with Gasteiger partial charge in [-0.1, -0.05) is 47.1 Å². The van der Waals surface area contributed by atoms with Gasteiger partial charge in [0.05, 0.1) is 6.10 Å². The molecule has 21 heavy (non-hydrogen) atoms. The topological polar surface area (TPSA) is 23.5 Å². The largest absolute Gasteiger partial charge is 0.388 e. The molecule has 0 saturated heterocycles. The van der Waals surface area contributed by atoms with Gasteiger partial charge in [-0.3, -0.25) is 0 Å². The molecule has 2 aromatic carbocycles. The van der Waals surface area contributed by atoms with Crippen LogP contribution in [0.15, 0.2) is 53.0 Å². The van der Waals surface area contributed by atoms with Crippen molar-refractivity contribution in [3.63, 3.8) is 0 Å². The first-order valence-corrected chi connectivity index (χ1v) is 8.13. The Labute approximate surface area is 135 Å². The summed E-state index contributed by atoms with van der Waals surface area (Å²) in [6.07, 6.45) is 1.34. The Hall–Kier alpha value is -1.32. The van der Waals surface area contributed by atoms with E-state index >= 15 is 0 Å². The molecule has 0 spiro atoms. The highest BCUT2D eigenvalue weighted by Gasteiger charge is 2.09. The maximum atomic E-state index is 10.3. The molecule has 0 amide bonds. The van der Waals surface area contributed by atoms with Crippen LogP contribution in [0.5, 0.6) is 0 Å². The van der Waals surface area contributed by atoms with E-state index in [1.807, 2.05) is 24.3 Å². The van der Waals surface area contributed by atoms with E-state index in [2.05, 4.69) is 59.1 Å². The Morgan fingerprint density at radius 2 is 1.86 bits per heavy atom. The quantitative estimate of drug-likeness (QED) is 0.827. The smallest absolute Gasteiger partial charge is 0.0807 e. The summed E-state index contributed by atoms with van der Waals surface area (Å²) in [6, 6.07) is 16.5. The van der Waals surface area contributed by atoms with Crippen molar-refractivity contribution >= 4 is 21.6 Å². The van der Waals surface area contributed by atoms with Crippen molar-refractivity contribution in [3.8, 4) is 0 Å². The predicted molar refractivity (Wildman–Crippen MR) is 92.8 cm³/mol. The van der Waals surface area contributed by atoms with Crippen LogP contribution >= 0.6 is 15.9 Å². The lowest BCUT2D eigenvalue weighted by atomic mass is 10.1. The molecule has 0 aliphatic carbocycles. The van der Waals surface area contributed by atoms with E-state index in [-0.39, 0.29) is 0 Å². The van der Waals surface area contributed by atoms with Gasteiger partial charge in [-0.25, -0.2) is 0 Å². The zero-order chi connectivity index (χ0) is 15.2. The number of aryl methyl sites for hydroxylation is 1. The summed E-state index contributed by atoms with van der Waals surface area (Å²) in [5, 5.41) is 10.3. The van der Waals surface area contributed by atoms with Gasteiger partial charge in [0.2, 0.25) is 0 Å². The fourth-order valence-corrected chi connectivity index (χ4v) is 2.73. The van der Waals surface area contributed by atoms with Crippen LogP contribution < -0.4 is 4.90 Å². The van der Waals surface area contributed by atoms with Crippen molar-refractivity contribution in [2.24, 2.45) is 0 Å². The molecule has 0 bridgehead atoms. The van der Waals surface area contributed by atoms with E-state index in [0.717, 1.165) is 23.0 Å². The molecule has 0 aliphatic heterocycles. The van der Waals surface area contributed by atoms with Gasteiger partial charge in [0.15, 0.2) is 0 Å². The number of benzene rings is 2. The maximum absolute atomic E-state index is 10.3. The molecule has 1 N–H and O–H groups in total. The van der Waals surface area contributed by atoms with Gasteiger partial charge in [0.1, 0.15) is 0 Å². The van der Waals surface area contributed by atoms with Crippen molar-refractivity contribution < 1.29 is 5.11 Å². The Morgan fingerprint density at radius 1 is 1.14 bits per heavy atom. The van der Waals surface area contributed by atoms with Crippen molar-refractivity contribution in [1.82, 2.24) is 0 Å². The summed E-state index contributed by atoms with van der Waals surface area (Å²) >= 11 is 3.44. The first-order valence-electron chi connectivity index (χ1n) is 7.33. The number of hydrogen-bond donors (Lipinski definition) is 1. The lowest BCUT2D eigenvalue weighted by Crippen LogP contribution is -2.20. The van der Waals surface area contributed by atoms with Crippen LogP contribution in [0.1, 0.15) is 30.6 Å². The van der Waals surface area contributed by atoms with Gasteiger partial charge in [-0.15, -0.1) is 0 Å². The molecule has 0 aromatic heterocycles. The van der Waals surface area contributed by atoms with Gasteiger partial charge in [0, 0.05) is 23.8 Å². The summed E-state index contributed by atoms with van der Waals surface area (Å²) < 4.78 is 1.00. The zero-order valence-corrected chi connectivity index (χ0v) is 14.2. The van der Waals surface area contributed by atoms with E-state index in [4.69, 9.17) is 0 Å². The van der Waals surface area contributed by atoms with E-state index in [1.54, 1.807) is 0 Å². The number of anilines is 1. The number of hydrogen-bond acceptors (Lipinski definition) is 2. The second-order valence-electron chi connectivity index (χ2n) is 5.30. The standard InChI is InChI=1S/C18H22BrNO/c1-3-14-7-9-17(10-8-14)20(2)12-11-18(21)15-5-4-6-16(19)13-15/h4-10,13,18,21H,3,11-12H2,1-2H3. The second-order valence-corrected chi connectivity index (χ2v) is 6.22. The van der Waals surface area contributed by atoms with Gasteiger partial charge in [0.25, 0.3) is 0 Å². The third-order valence-electron chi connectivity index (χ3n) is 3.76. The average Bonchev–Trinajstić information content (AvgIpc) is 2.52. The number of rotatable bonds is 6. The lowest BCUT2D eigenvalue weighted by Gasteiger charge is -2.21. The summed E-state index contributed by atoms with van der Waals surface area (Å²) in [4.78, 5) is 2.18. The van der Waals surface area contributed by atoms with Crippen LogP contribution in [0.25, 0.3) is 0 Å². The summed E-state index contributed by atoms with van der Waals surface area (Å²) in [5.74, 6) is 0. The van der Waals surface area contributed by atoms with Crippen molar-refractivity contribution in [2.75, 3.05) is 18.5 Å². The minimum atomic E-state index is -0.431. The van der Waals surface area contributed by atoms with Gasteiger partial charge < -0.3 is 10.0 Å². The molecule has 2 nitrogen and oxygen atoms in total. The van der Waals surface area contributed by atoms with Gasteiger partial charge >= 0.3 is 0 Å². The monoisotopic (exact) mass is 347 g/mol. The Kier molecular flexibility index (Phi) is 5.83. The first-order chi connectivity index (χ1) is 10.1. The number of aliphatic hydroxyl groups excluding tert-OH is 1. The van der Waals surface area contributed by atoms with E-state index in [1.165, 1.54) is 11.3 Å². The minimum Gasteiger partial charge on any atom is -0.388 e. The van der Waals surface area contributed by atoms with E-state index in [9.17, 15) is 5.11 Å². The predicted octanol–water partition coefficient (Wildman–Crippen LogP) is 4.57. The molecule has 2 rings (SSSR count). The third-order valence-corrected chi connectivity index (χ3v) is 4.25. The summed E-state index contributed by atoms with van der Waals surface area (Å²) in [5.41, 5.74) is 3.49. The number of nitrogens with zero attached hydrogens (tertiary/aromatic N) is 1. The Morgan fingerprint density at radius 3 is 2.48 bits per heavy atom. The Balaban J connectivity index is 1.92. The molecule has 2 aromatic rings. The van der Waals surface area contributed by atoms with Crippen molar-refractivity contribution in [2.45, 2.75) is 25.9 Å². The van der Waals surface area contributed by atoms with Crippen LogP contribution in [-0.2, 0) is 6.42 Å². The SMILES string of the molecule is CCc1ccc(N(C)CCC(O)c2cccc(Br)c2)cc1. The molecule has 0 radical (unpaired) electrons. The van der Waals surface area contributed by atoms with Gasteiger partial charge in [-0.2, -0.15) is 0 Å². The first kappa shape index (κ1) is 16.1. The van der Waals surface area contributed by atoms with Gasteiger partial charge in [-0.05, 0) is 48.2 Å². The maximum Gasteiger partial charge on any atom is 0.0807 e. The molecule has 112 valence electrons. The number of aliphatic hydroxyl groups is 1. The summed E-state index contributed by atoms with van der Waals surface area (Å²) in [6.45, 7) is 2.98. The molecular formula is C18H22BrNO. The molecule has 1 atom stereocenters. The molecule has 3 heteroatoms. The average molecular weight is 348 g/mol. The third kappa shape index (κ3) is 4.58. The van der Waals surface area contributed by atoms with Crippen LogP contribution in [0.3, 0.4) is 0 Å². The van der Waals surface area contributed by atoms with Crippen LogP contribution in [-0.4, -0.2) is 18.7 Å². The van der Waals surface area contributed by atoms with Crippen molar-refractivity contribution in [3.05, 3.63) is 64.1 Å². The Bertz CT molecular complexity index is 568. The summed E-state index contributed by atoms with van der Waals surface area (Å²) in [7, 11) is 2.06. The van der Waals surface area contributed by atoms with E-state index in [0.29, 0.717) is 6.42 Å². The van der Waals surface area contributed by atoms with Crippen LogP contribution in [0.2, 0.25) is 0 Å². The molecule has 1 unspecified atom stereocenters.